The topological polar surface area (TPSA) is 0 Å². The summed E-state index contributed by atoms with van der Waals surface area (Å²) >= 11 is 6.61. The van der Waals surface area contributed by atoms with Crippen LogP contribution in [-0.4, -0.2) is 5.38 Å². The molecule has 4 aliphatic carbocycles. The molecule has 0 aromatic carbocycles. The summed E-state index contributed by atoms with van der Waals surface area (Å²) in [6.07, 6.45) is 14.0. The van der Waals surface area contributed by atoms with Crippen molar-refractivity contribution >= 4 is 11.6 Å². The molecule has 23 heavy (non-hydrogen) atoms. The molecule has 0 saturated heterocycles. The molecule has 8 atom stereocenters. The van der Waals surface area contributed by atoms with Gasteiger partial charge >= 0.3 is 0 Å². The zero-order valence-electron chi connectivity index (χ0n) is 15.6. The van der Waals surface area contributed by atoms with E-state index in [1.807, 2.05) is 5.57 Å². The second-order valence-corrected chi connectivity index (χ2v) is 10.7. The quantitative estimate of drug-likeness (QED) is 0.364. The molecule has 0 aromatic heterocycles. The Balaban J connectivity index is 1.65. The van der Waals surface area contributed by atoms with Crippen molar-refractivity contribution in [3.05, 3.63) is 11.6 Å². The van der Waals surface area contributed by atoms with E-state index in [4.69, 9.17) is 11.6 Å². The Kier molecular flexibility index (Phi) is 3.96. The van der Waals surface area contributed by atoms with Gasteiger partial charge in [-0.05, 0) is 98.7 Å². The molecule has 3 saturated carbocycles. The van der Waals surface area contributed by atoms with Gasteiger partial charge in [-0.3, -0.25) is 0 Å². The summed E-state index contributed by atoms with van der Waals surface area (Å²) < 4.78 is 0. The fourth-order valence-electron chi connectivity index (χ4n) is 7.64. The third kappa shape index (κ3) is 2.30. The Bertz CT molecular complexity index is 506. The highest BCUT2D eigenvalue weighted by molar-refractivity contribution is 6.20. The van der Waals surface area contributed by atoms with E-state index in [0.29, 0.717) is 16.2 Å². The van der Waals surface area contributed by atoms with E-state index < -0.39 is 0 Å². The molecule has 4 aliphatic rings. The van der Waals surface area contributed by atoms with Crippen molar-refractivity contribution in [2.45, 2.75) is 84.4 Å². The van der Waals surface area contributed by atoms with Crippen molar-refractivity contribution in [3.8, 4) is 0 Å². The first kappa shape index (κ1) is 16.5. The number of fused-ring (bicyclic) bond motifs is 5. The summed E-state index contributed by atoms with van der Waals surface area (Å²) in [5, 5.41) is 0.349. The van der Waals surface area contributed by atoms with Crippen LogP contribution in [0.15, 0.2) is 11.6 Å². The molecule has 0 bridgehead atoms. The van der Waals surface area contributed by atoms with E-state index in [9.17, 15) is 0 Å². The zero-order chi connectivity index (χ0) is 16.4. The number of rotatable bonds is 1. The summed E-state index contributed by atoms with van der Waals surface area (Å²) in [5.41, 5.74) is 2.88. The molecule has 0 N–H and O–H groups in total. The number of halogens is 1. The highest BCUT2D eigenvalue weighted by Gasteiger charge is 2.58. The first-order valence-corrected chi connectivity index (χ1v) is 10.6. The molecule has 0 nitrogen and oxygen atoms in total. The van der Waals surface area contributed by atoms with E-state index in [1.165, 1.54) is 51.4 Å². The average Bonchev–Trinajstić information content (AvgIpc) is 2.85. The van der Waals surface area contributed by atoms with Gasteiger partial charge in [0.05, 0.1) is 0 Å². The molecule has 1 heteroatoms. The SMILES string of the molecule is CC1CCC2(C)C(=CCC3C2CCC2(C)C(C(C)Cl)CCC32)C1. The predicted molar refractivity (Wildman–Crippen MR) is 99.7 cm³/mol. The van der Waals surface area contributed by atoms with Gasteiger partial charge in [-0.2, -0.15) is 0 Å². The van der Waals surface area contributed by atoms with Crippen molar-refractivity contribution in [1.82, 2.24) is 0 Å². The lowest BCUT2D eigenvalue weighted by Crippen LogP contribution is -2.50. The number of allylic oxidation sites excluding steroid dienone is 2. The maximum atomic E-state index is 6.61. The van der Waals surface area contributed by atoms with Gasteiger partial charge in [-0.1, -0.05) is 32.4 Å². The summed E-state index contributed by atoms with van der Waals surface area (Å²) in [7, 11) is 0. The average molecular weight is 335 g/mol. The molecule has 4 rings (SSSR count). The summed E-state index contributed by atoms with van der Waals surface area (Å²) in [6, 6.07) is 0. The summed E-state index contributed by atoms with van der Waals surface area (Å²) in [5.74, 6) is 4.49. The van der Waals surface area contributed by atoms with Crippen LogP contribution in [-0.2, 0) is 0 Å². The van der Waals surface area contributed by atoms with E-state index >= 15 is 0 Å². The molecule has 8 unspecified atom stereocenters. The summed E-state index contributed by atoms with van der Waals surface area (Å²) in [4.78, 5) is 0. The Labute approximate surface area is 148 Å². The maximum absolute atomic E-state index is 6.61. The lowest BCUT2D eigenvalue weighted by molar-refractivity contribution is -0.0435. The largest absolute Gasteiger partial charge is 0.123 e. The lowest BCUT2D eigenvalue weighted by Gasteiger charge is -2.58. The van der Waals surface area contributed by atoms with E-state index in [0.717, 1.165) is 29.6 Å². The van der Waals surface area contributed by atoms with Crippen LogP contribution in [0.4, 0.5) is 0 Å². The van der Waals surface area contributed by atoms with Gasteiger partial charge in [-0.15, -0.1) is 11.6 Å². The van der Waals surface area contributed by atoms with E-state index in [2.05, 4.69) is 33.8 Å². The van der Waals surface area contributed by atoms with Gasteiger partial charge in [0.2, 0.25) is 0 Å². The van der Waals surface area contributed by atoms with Crippen LogP contribution in [0.3, 0.4) is 0 Å². The minimum Gasteiger partial charge on any atom is -0.123 e. The second-order valence-electron chi connectivity index (χ2n) is 10.0. The molecule has 130 valence electrons. The molecule has 3 fully saturated rings. The molecule has 0 radical (unpaired) electrons. The Morgan fingerprint density at radius 2 is 1.87 bits per heavy atom. The van der Waals surface area contributed by atoms with Crippen LogP contribution in [0.5, 0.6) is 0 Å². The first-order valence-electron chi connectivity index (χ1n) is 10.2. The van der Waals surface area contributed by atoms with Crippen molar-refractivity contribution in [3.63, 3.8) is 0 Å². The molecule has 0 aromatic rings. The van der Waals surface area contributed by atoms with Crippen LogP contribution in [0.1, 0.15) is 79.1 Å². The minimum atomic E-state index is 0.349. The Hall–Kier alpha value is 0.0300. The van der Waals surface area contributed by atoms with Crippen LogP contribution in [0.25, 0.3) is 0 Å². The van der Waals surface area contributed by atoms with Crippen molar-refractivity contribution in [1.29, 1.82) is 0 Å². The van der Waals surface area contributed by atoms with Gasteiger partial charge < -0.3 is 0 Å². The second kappa shape index (κ2) is 5.52. The first-order chi connectivity index (χ1) is 10.9. The number of alkyl halides is 1. The standard InChI is InChI=1S/C22H35Cl/c1-14-9-11-21(3)16(13-14)5-6-17-19-8-7-18(15(2)23)22(19,4)12-10-20(17)21/h5,14-15,17-20H,6-13H2,1-4H3. The smallest absolute Gasteiger partial charge is 0.0341 e. The fraction of sp³-hybridized carbons (Fsp3) is 0.909. The molecule has 0 aliphatic heterocycles. The Morgan fingerprint density at radius 3 is 2.61 bits per heavy atom. The molecular formula is C22H35Cl. The van der Waals surface area contributed by atoms with Gasteiger partial charge in [0.1, 0.15) is 0 Å². The van der Waals surface area contributed by atoms with Crippen molar-refractivity contribution in [2.75, 3.05) is 0 Å². The highest BCUT2D eigenvalue weighted by Crippen LogP contribution is 2.67. The number of hydrogen-bond donors (Lipinski definition) is 0. The third-order valence-corrected chi connectivity index (χ3v) is 9.28. The van der Waals surface area contributed by atoms with Crippen LogP contribution in [0, 0.1) is 40.4 Å². The lowest BCUT2D eigenvalue weighted by atomic mass is 9.47. The molecule has 0 spiro atoms. The van der Waals surface area contributed by atoms with E-state index in [-0.39, 0.29) is 0 Å². The number of hydrogen-bond acceptors (Lipinski definition) is 0. The summed E-state index contributed by atoms with van der Waals surface area (Å²) in [6.45, 7) is 9.91. The molecular weight excluding hydrogens is 300 g/mol. The van der Waals surface area contributed by atoms with Gasteiger partial charge in [0.25, 0.3) is 0 Å². The van der Waals surface area contributed by atoms with Gasteiger partial charge in [0, 0.05) is 5.38 Å². The monoisotopic (exact) mass is 334 g/mol. The van der Waals surface area contributed by atoms with Crippen LogP contribution < -0.4 is 0 Å². The van der Waals surface area contributed by atoms with Crippen molar-refractivity contribution < 1.29 is 0 Å². The van der Waals surface area contributed by atoms with E-state index in [1.54, 1.807) is 0 Å². The predicted octanol–water partition coefficient (Wildman–Crippen LogP) is 6.83. The maximum Gasteiger partial charge on any atom is 0.0341 e. The fourth-order valence-corrected chi connectivity index (χ4v) is 8.05. The highest BCUT2D eigenvalue weighted by atomic mass is 35.5. The van der Waals surface area contributed by atoms with Gasteiger partial charge in [0.15, 0.2) is 0 Å². The minimum absolute atomic E-state index is 0.349. The van der Waals surface area contributed by atoms with Crippen LogP contribution in [0.2, 0.25) is 0 Å². The normalized spacial score (nSPS) is 53.8. The van der Waals surface area contributed by atoms with Crippen LogP contribution >= 0.6 is 11.6 Å². The van der Waals surface area contributed by atoms with Gasteiger partial charge in [-0.25, -0.2) is 0 Å². The Morgan fingerprint density at radius 1 is 1.09 bits per heavy atom. The van der Waals surface area contributed by atoms with Crippen molar-refractivity contribution in [2.24, 2.45) is 40.4 Å². The zero-order valence-corrected chi connectivity index (χ0v) is 16.3. The molecule has 0 amide bonds. The molecule has 0 heterocycles. The third-order valence-electron chi connectivity index (χ3n) is 8.98.